The van der Waals surface area contributed by atoms with Crippen LogP contribution in [0.2, 0.25) is 0 Å². The van der Waals surface area contributed by atoms with Gasteiger partial charge in [0.2, 0.25) is 5.91 Å². The molecule has 1 aliphatic rings. The number of benzene rings is 2. The number of nitrogens with one attached hydrogen (secondary N) is 2. The van der Waals surface area contributed by atoms with Gasteiger partial charge in [-0.15, -0.1) is 0 Å². The standard InChI is InChI=1S/C22H27N3O3/c1-16-5-3-4-14-25(16)21(26)15-23-18-8-6-17(7-9-18)22(27)24-19-10-12-20(28-2)13-11-19/h6-13,16,23H,3-5,14-15H2,1-2H3,(H,24,27). The highest BCUT2D eigenvalue weighted by Crippen LogP contribution is 2.18. The first kappa shape index (κ1) is 19.7. The Hall–Kier alpha value is -3.02. The maximum Gasteiger partial charge on any atom is 0.255 e. The molecule has 1 atom stereocenters. The number of nitrogens with zero attached hydrogens (tertiary/aromatic N) is 1. The largest absolute Gasteiger partial charge is 0.497 e. The number of methoxy groups -OCH3 is 1. The van der Waals surface area contributed by atoms with Crippen LogP contribution >= 0.6 is 0 Å². The van der Waals surface area contributed by atoms with E-state index in [9.17, 15) is 9.59 Å². The van der Waals surface area contributed by atoms with E-state index < -0.39 is 0 Å². The van der Waals surface area contributed by atoms with E-state index in [2.05, 4.69) is 17.6 Å². The van der Waals surface area contributed by atoms with E-state index in [1.165, 1.54) is 6.42 Å². The molecule has 1 aliphatic heterocycles. The molecular weight excluding hydrogens is 354 g/mol. The first-order valence-electron chi connectivity index (χ1n) is 9.65. The van der Waals surface area contributed by atoms with Crippen molar-refractivity contribution in [3.05, 3.63) is 54.1 Å². The molecule has 3 rings (SSSR count). The highest BCUT2D eigenvalue weighted by atomic mass is 16.5. The van der Waals surface area contributed by atoms with Crippen molar-refractivity contribution in [1.82, 2.24) is 4.90 Å². The number of amides is 2. The highest BCUT2D eigenvalue weighted by Gasteiger charge is 2.22. The number of anilines is 2. The summed E-state index contributed by atoms with van der Waals surface area (Å²) in [6, 6.07) is 14.6. The van der Waals surface area contributed by atoms with Gasteiger partial charge in [0.1, 0.15) is 5.75 Å². The molecule has 0 spiro atoms. The third-order valence-corrected chi connectivity index (χ3v) is 5.06. The molecule has 28 heavy (non-hydrogen) atoms. The van der Waals surface area contributed by atoms with Gasteiger partial charge in [0.15, 0.2) is 0 Å². The lowest BCUT2D eigenvalue weighted by Gasteiger charge is -2.33. The second-order valence-electron chi connectivity index (χ2n) is 7.05. The first-order chi connectivity index (χ1) is 13.6. The number of carbonyl (C=O) groups excluding carboxylic acids is 2. The first-order valence-corrected chi connectivity index (χ1v) is 9.65. The molecule has 148 valence electrons. The molecule has 2 N–H and O–H groups in total. The molecule has 0 radical (unpaired) electrons. The van der Waals surface area contributed by atoms with Crippen molar-refractivity contribution in [2.24, 2.45) is 0 Å². The number of hydrogen-bond acceptors (Lipinski definition) is 4. The van der Waals surface area contributed by atoms with E-state index in [0.717, 1.165) is 30.8 Å². The predicted octanol–water partition coefficient (Wildman–Crippen LogP) is 3.76. The van der Waals surface area contributed by atoms with Crippen molar-refractivity contribution in [3.8, 4) is 5.75 Å². The van der Waals surface area contributed by atoms with Gasteiger partial charge in [-0.3, -0.25) is 9.59 Å². The number of ether oxygens (including phenoxy) is 1. The zero-order valence-electron chi connectivity index (χ0n) is 16.4. The summed E-state index contributed by atoms with van der Waals surface area (Å²) in [5.74, 6) is 0.672. The van der Waals surface area contributed by atoms with Crippen LogP contribution in [0.5, 0.6) is 5.75 Å². The maximum absolute atomic E-state index is 12.4. The molecule has 2 aromatic rings. The monoisotopic (exact) mass is 381 g/mol. The number of piperidine rings is 1. The van der Waals surface area contributed by atoms with E-state index in [1.807, 2.05) is 17.0 Å². The predicted molar refractivity (Wildman–Crippen MR) is 111 cm³/mol. The van der Waals surface area contributed by atoms with Gasteiger partial charge in [-0.05, 0) is 74.7 Å². The van der Waals surface area contributed by atoms with Gasteiger partial charge in [0.05, 0.1) is 13.7 Å². The number of hydrogen-bond donors (Lipinski definition) is 2. The molecular formula is C22H27N3O3. The van der Waals surface area contributed by atoms with E-state index in [1.54, 1.807) is 43.5 Å². The molecule has 0 aliphatic carbocycles. The third-order valence-electron chi connectivity index (χ3n) is 5.06. The van der Waals surface area contributed by atoms with Crippen LogP contribution in [-0.4, -0.2) is 43.0 Å². The van der Waals surface area contributed by atoms with Crippen molar-refractivity contribution in [2.75, 3.05) is 30.8 Å². The fourth-order valence-corrected chi connectivity index (χ4v) is 3.36. The second kappa shape index (κ2) is 9.26. The van der Waals surface area contributed by atoms with Crippen LogP contribution in [0.3, 0.4) is 0 Å². The maximum atomic E-state index is 12.4. The Morgan fingerprint density at radius 1 is 1.04 bits per heavy atom. The van der Waals surface area contributed by atoms with Gasteiger partial charge in [-0.1, -0.05) is 0 Å². The smallest absolute Gasteiger partial charge is 0.255 e. The van der Waals surface area contributed by atoms with Crippen LogP contribution in [0.25, 0.3) is 0 Å². The van der Waals surface area contributed by atoms with Gasteiger partial charge >= 0.3 is 0 Å². The van der Waals surface area contributed by atoms with E-state index in [4.69, 9.17) is 4.74 Å². The molecule has 6 nitrogen and oxygen atoms in total. The molecule has 1 saturated heterocycles. The lowest BCUT2D eigenvalue weighted by molar-refractivity contribution is -0.132. The van der Waals surface area contributed by atoms with E-state index in [0.29, 0.717) is 17.3 Å². The lowest BCUT2D eigenvalue weighted by atomic mass is 10.0. The Kier molecular flexibility index (Phi) is 6.53. The van der Waals surface area contributed by atoms with Gasteiger partial charge in [-0.2, -0.15) is 0 Å². The summed E-state index contributed by atoms with van der Waals surface area (Å²) in [6.07, 6.45) is 3.34. The van der Waals surface area contributed by atoms with Gasteiger partial charge < -0.3 is 20.3 Å². The Morgan fingerprint density at radius 2 is 1.71 bits per heavy atom. The average molecular weight is 381 g/mol. The topological polar surface area (TPSA) is 70.7 Å². The Labute approximate surface area is 165 Å². The van der Waals surface area contributed by atoms with Gasteiger partial charge in [0.25, 0.3) is 5.91 Å². The quantitative estimate of drug-likeness (QED) is 0.799. The van der Waals surface area contributed by atoms with E-state index >= 15 is 0 Å². The molecule has 1 heterocycles. The van der Waals surface area contributed by atoms with Crippen molar-refractivity contribution in [1.29, 1.82) is 0 Å². The van der Waals surface area contributed by atoms with Crippen LogP contribution in [0.4, 0.5) is 11.4 Å². The summed E-state index contributed by atoms with van der Waals surface area (Å²) in [6.45, 7) is 3.21. The van der Waals surface area contributed by atoms with Crippen LogP contribution in [0, 0.1) is 0 Å². The zero-order chi connectivity index (χ0) is 19.9. The molecule has 1 unspecified atom stereocenters. The average Bonchev–Trinajstić information content (AvgIpc) is 2.73. The van der Waals surface area contributed by atoms with Crippen molar-refractivity contribution < 1.29 is 14.3 Å². The minimum atomic E-state index is -0.185. The number of likely N-dealkylation sites (tertiary alicyclic amines) is 1. The third kappa shape index (κ3) is 5.03. The molecule has 6 heteroatoms. The zero-order valence-corrected chi connectivity index (χ0v) is 16.4. The fourth-order valence-electron chi connectivity index (χ4n) is 3.36. The molecule has 0 aromatic heterocycles. The normalized spacial score (nSPS) is 16.4. The summed E-state index contributed by atoms with van der Waals surface area (Å²) in [7, 11) is 1.60. The summed E-state index contributed by atoms with van der Waals surface area (Å²) in [5.41, 5.74) is 2.07. The minimum Gasteiger partial charge on any atom is -0.497 e. The fraction of sp³-hybridized carbons (Fsp3) is 0.364. The number of carbonyl (C=O) groups is 2. The highest BCUT2D eigenvalue weighted by molar-refractivity contribution is 6.04. The summed E-state index contributed by atoms with van der Waals surface area (Å²) in [5, 5.41) is 6.01. The molecule has 2 amide bonds. The van der Waals surface area contributed by atoms with Crippen molar-refractivity contribution >= 4 is 23.2 Å². The Bertz CT molecular complexity index is 803. The Morgan fingerprint density at radius 3 is 2.36 bits per heavy atom. The number of rotatable bonds is 6. The Balaban J connectivity index is 1.52. The molecule has 2 aromatic carbocycles. The molecule has 1 fully saturated rings. The minimum absolute atomic E-state index is 0.119. The van der Waals surface area contributed by atoms with E-state index in [-0.39, 0.29) is 18.4 Å². The van der Waals surface area contributed by atoms with Crippen molar-refractivity contribution in [3.63, 3.8) is 0 Å². The SMILES string of the molecule is COc1ccc(NC(=O)c2ccc(NCC(=O)N3CCCCC3C)cc2)cc1. The van der Waals surface area contributed by atoms with Crippen LogP contribution in [0.15, 0.2) is 48.5 Å². The summed E-state index contributed by atoms with van der Waals surface area (Å²) >= 11 is 0. The summed E-state index contributed by atoms with van der Waals surface area (Å²) < 4.78 is 5.11. The van der Waals surface area contributed by atoms with Gasteiger partial charge in [-0.25, -0.2) is 0 Å². The van der Waals surface area contributed by atoms with Gasteiger partial charge in [0, 0.05) is 29.5 Å². The second-order valence-corrected chi connectivity index (χ2v) is 7.05. The summed E-state index contributed by atoms with van der Waals surface area (Å²) in [4.78, 5) is 26.7. The van der Waals surface area contributed by atoms with Crippen LogP contribution in [0.1, 0.15) is 36.5 Å². The lowest BCUT2D eigenvalue weighted by Crippen LogP contribution is -2.44. The molecule has 0 bridgehead atoms. The van der Waals surface area contributed by atoms with Crippen LogP contribution in [-0.2, 0) is 4.79 Å². The van der Waals surface area contributed by atoms with Crippen LogP contribution < -0.4 is 15.4 Å². The van der Waals surface area contributed by atoms with Crippen molar-refractivity contribution in [2.45, 2.75) is 32.2 Å². The molecule has 0 saturated carbocycles.